The van der Waals surface area contributed by atoms with Crippen LogP contribution in [0.3, 0.4) is 0 Å². The lowest BCUT2D eigenvalue weighted by atomic mass is 10.5. The highest BCUT2D eigenvalue weighted by Gasteiger charge is 2.25. The second-order valence-corrected chi connectivity index (χ2v) is 3.33. The molecule has 10 heavy (non-hydrogen) atoms. The van der Waals surface area contributed by atoms with Crippen molar-refractivity contribution in [3.05, 3.63) is 0 Å². The van der Waals surface area contributed by atoms with Gasteiger partial charge in [0.1, 0.15) is 10.6 Å². The fraction of sp³-hybridized carbons (Fsp3) is 0.400. The first kappa shape index (κ1) is 7.68. The SMILES string of the molecule is O=CCN1C(=O)CSC1=S. The largest absolute Gasteiger partial charge is 0.301 e. The fourth-order valence-electron chi connectivity index (χ4n) is 0.632. The van der Waals surface area contributed by atoms with Crippen molar-refractivity contribution in [2.45, 2.75) is 0 Å². The van der Waals surface area contributed by atoms with Gasteiger partial charge in [-0.1, -0.05) is 24.0 Å². The van der Waals surface area contributed by atoms with Crippen molar-refractivity contribution in [3.8, 4) is 0 Å². The molecule has 0 aliphatic carbocycles. The van der Waals surface area contributed by atoms with Crippen molar-refractivity contribution in [2.24, 2.45) is 0 Å². The molecule has 0 aromatic heterocycles. The molecule has 1 rings (SSSR count). The highest BCUT2D eigenvalue weighted by atomic mass is 32.2. The Kier molecular flexibility index (Phi) is 2.39. The van der Waals surface area contributed by atoms with Gasteiger partial charge in [0, 0.05) is 0 Å². The molecule has 1 aliphatic rings. The van der Waals surface area contributed by atoms with E-state index in [0.717, 1.165) is 0 Å². The summed E-state index contributed by atoms with van der Waals surface area (Å²) in [6.45, 7) is 0.102. The second kappa shape index (κ2) is 3.12. The van der Waals surface area contributed by atoms with Crippen LogP contribution in [0.25, 0.3) is 0 Å². The maximum Gasteiger partial charge on any atom is 0.238 e. The number of hydrogen-bond acceptors (Lipinski definition) is 4. The summed E-state index contributed by atoms with van der Waals surface area (Å²) < 4.78 is 0.511. The molecule has 0 saturated carbocycles. The Labute approximate surface area is 67.8 Å². The molecule has 1 saturated heterocycles. The first-order valence-corrected chi connectivity index (χ1v) is 4.06. The van der Waals surface area contributed by atoms with Gasteiger partial charge in [0.25, 0.3) is 0 Å². The molecular formula is C5H5NO2S2. The predicted octanol–water partition coefficient (Wildman–Crippen LogP) is 0.0456. The lowest BCUT2D eigenvalue weighted by molar-refractivity contribution is -0.126. The summed E-state index contributed by atoms with van der Waals surface area (Å²) in [4.78, 5) is 22.1. The molecule has 0 atom stereocenters. The van der Waals surface area contributed by atoms with Crippen LogP contribution in [0.5, 0.6) is 0 Å². The minimum absolute atomic E-state index is 0.0675. The summed E-state index contributed by atoms with van der Waals surface area (Å²) in [7, 11) is 0. The highest BCUT2D eigenvalue weighted by molar-refractivity contribution is 8.23. The molecule has 1 aliphatic heterocycles. The molecular weight excluding hydrogens is 170 g/mol. The van der Waals surface area contributed by atoms with Crippen LogP contribution in [-0.4, -0.2) is 33.7 Å². The third-order valence-corrected chi connectivity index (χ3v) is 2.53. The van der Waals surface area contributed by atoms with E-state index in [-0.39, 0.29) is 12.5 Å². The molecule has 54 valence electrons. The van der Waals surface area contributed by atoms with Crippen LogP contribution in [0.15, 0.2) is 0 Å². The van der Waals surface area contributed by atoms with E-state index >= 15 is 0 Å². The normalized spacial score (nSPS) is 18.2. The summed E-state index contributed by atoms with van der Waals surface area (Å²) in [5.74, 6) is 0.314. The van der Waals surface area contributed by atoms with E-state index in [1.54, 1.807) is 0 Å². The first-order valence-electron chi connectivity index (χ1n) is 2.66. The van der Waals surface area contributed by atoms with Gasteiger partial charge in [0.15, 0.2) is 0 Å². The van der Waals surface area contributed by atoms with Gasteiger partial charge in [-0.15, -0.1) is 0 Å². The Morgan fingerprint density at radius 3 is 2.90 bits per heavy atom. The van der Waals surface area contributed by atoms with Crippen molar-refractivity contribution in [1.29, 1.82) is 0 Å². The summed E-state index contributed by atoms with van der Waals surface area (Å²) in [6.07, 6.45) is 0.677. The molecule has 0 N–H and O–H groups in total. The van der Waals surface area contributed by atoms with Crippen LogP contribution in [0.4, 0.5) is 0 Å². The molecule has 0 aromatic rings. The van der Waals surface area contributed by atoms with E-state index < -0.39 is 0 Å². The molecule has 5 heteroatoms. The Bertz CT molecular complexity index is 176. The quantitative estimate of drug-likeness (QED) is 0.439. The molecule has 0 aromatic carbocycles. The molecule has 0 bridgehead atoms. The van der Waals surface area contributed by atoms with E-state index in [2.05, 4.69) is 0 Å². The average molecular weight is 175 g/mol. The maximum atomic E-state index is 10.8. The van der Waals surface area contributed by atoms with Crippen LogP contribution >= 0.6 is 24.0 Å². The Balaban J connectivity index is 2.62. The monoisotopic (exact) mass is 175 g/mol. The van der Waals surface area contributed by atoms with Crippen molar-refractivity contribution < 1.29 is 9.59 Å². The van der Waals surface area contributed by atoms with Gasteiger partial charge in [0.05, 0.1) is 12.3 Å². The van der Waals surface area contributed by atoms with Gasteiger partial charge in [0.2, 0.25) is 5.91 Å². The number of rotatable bonds is 2. The predicted molar refractivity (Wildman–Crippen MR) is 42.8 cm³/mol. The number of amides is 1. The number of thioether (sulfide) groups is 1. The molecule has 1 amide bonds. The lowest BCUT2D eigenvalue weighted by Crippen LogP contribution is -2.29. The molecule has 0 radical (unpaired) electrons. The van der Waals surface area contributed by atoms with E-state index in [1.807, 2.05) is 0 Å². The minimum Gasteiger partial charge on any atom is -0.301 e. The van der Waals surface area contributed by atoms with Crippen molar-refractivity contribution in [2.75, 3.05) is 12.3 Å². The third-order valence-electron chi connectivity index (χ3n) is 1.10. The topological polar surface area (TPSA) is 37.4 Å². The molecule has 3 nitrogen and oxygen atoms in total. The van der Waals surface area contributed by atoms with Gasteiger partial charge in [-0.2, -0.15) is 0 Å². The van der Waals surface area contributed by atoms with Gasteiger partial charge in [-0.05, 0) is 0 Å². The van der Waals surface area contributed by atoms with E-state index in [0.29, 0.717) is 16.4 Å². The number of carbonyl (C=O) groups excluding carboxylic acids is 2. The summed E-state index contributed by atoms with van der Waals surface area (Å²) in [5, 5.41) is 0. The van der Waals surface area contributed by atoms with Crippen LogP contribution in [0.2, 0.25) is 0 Å². The highest BCUT2D eigenvalue weighted by Crippen LogP contribution is 2.17. The number of aldehydes is 1. The average Bonchev–Trinajstić information content (AvgIpc) is 2.20. The van der Waals surface area contributed by atoms with E-state index in [1.165, 1.54) is 16.7 Å². The van der Waals surface area contributed by atoms with Crippen LogP contribution in [0.1, 0.15) is 0 Å². The molecule has 1 heterocycles. The zero-order chi connectivity index (χ0) is 7.56. The van der Waals surface area contributed by atoms with Gasteiger partial charge in [-0.25, -0.2) is 0 Å². The molecule has 0 unspecified atom stereocenters. The molecule has 1 fully saturated rings. The summed E-state index contributed by atoms with van der Waals surface area (Å²) >= 11 is 6.09. The Hall–Kier alpha value is -0.420. The summed E-state index contributed by atoms with van der Waals surface area (Å²) in [6, 6.07) is 0. The number of nitrogens with zero attached hydrogens (tertiary/aromatic N) is 1. The van der Waals surface area contributed by atoms with Crippen LogP contribution in [0, 0.1) is 0 Å². The Morgan fingerprint density at radius 2 is 2.50 bits per heavy atom. The van der Waals surface area contributed by atoms with Gasteiger partial charge in [-0.3, -0.25) is 9.69 Å². The number of thiocarbonyl (C=S) groups is 1. The van der Waals surface area contributed by atoms with Crippen molar-refractivity contribution in [1.82, 2.24) is 4.90 Å². The maximum absolute atomic E-state index is 10.8. The van der Waals surface area contributed by atoms with Gasteiger partial charge < -0.3 is 4.79 Å². The lowest BCUT2D eigenvalue weighted by Gasteiger charge is -2.08. The number of carbonyl (C=O) groups is 2. The smallest absolute Gasteiger partial charge is 0.238 e. The molecule has 0 spiro atoms. The minimum atomic E-state index is -0.0675. The third kappa shape index (κ3) is 1.35. The van der Waals surface area contributed by atoms with Crippen molar-refractivity contribution >= 4 is 40.5 Å². The first-order chi connectivity index (χ1) is 4.75. The van der Waals surface area contributed by atoms with Crippen LogP contribution < -0.4 is 0 Å². The standard InChI is InChI=1S/C5H5NO2S2/c7-2-1-6-4(8)3-10-5(6)9/h2H,1,3H2. The fourth-order valence-corrected chi connectivity index (χ4v) is 1.72. The van der Waals surface area contributed by atoms with Crippen LogP contribution in [-0.2, 0) is 9.59 Å². The van der Waals surface area contributed by atoms with E-state index in [9.17, 15) is 9.59 Å². The second-order valence-electron chi connectivity index (χ2n) is 1.73. The zero-order valence-corrected chi connectivity index (χ0v) is 6.70. The van der Waals surface area contributed by atoms with E-state index in [4.69, 9.17) is 12.2 Å². The summed E-state index contributed by atoms with van der Waals surface area (Å²) in [5.41, 5.74) is 0. The zero-order valence-electron chi connectivity index (χ0n) is 5.07. The Morgan fingerprint density at radius 1 is 1.80 bits per heavy atom. The van der Waals surface area contributed by atoms with Gasteiger partial charge >= 0.3 is 0 Å². The number of hydrogen-bond donors (Lipinski definition) is 0. The van der Waals surface area contributed by atoms with Crippen molar-refractivity contribution in [3.63, 3.8) is 0 Å².